The van der Waals surface area contributed by atoms with Gasteiger partial charge in [-0.15, -0.1) is 0 Å². The highest BCUT2D eigenvalue weighted by atomic mass is 16.6. The van der Waals surface area contributed by atoms with Crippen molar-refractivity contribution in [1.29, 1.82) is 0 Å². The summed E-state index contributed by atoms with van der Waals surface area (Å²) >= 11 is 0. The van der Waals surface area contributed by atoms with E-state index in [1.54, 1.807) is 41.3 Å². The Morgan fingerprint density at radius 2 is 1.56 bits per heavy atom. The van der Waals surface area contributed by atoms with Gasteiger partial charge in [0.1, 0.15) is 5.69 Å². The third-order valence-corrected chi connectivity index (χ3v) is 4.93. The van der Waals surface area contributed by atoms with E-state index in [4.69, 9.17) is 0 Å². The second-order valence-corrected chi connectivity index (χ2v) is 6.99. The maximum Gasteiger partial charge on any atom is 0.293 e. The number of rotatable bonds is 8. The number of benzene rings is 3. The van der Waals surface area contributed by atoms with Gasteiger partial charge in [-0.2, -0.15) is 0 Å². The van der Waals surface area contributed by atoms with Crippen LogP contribution in [0.2, 0.25) is 0 Å². The van der Waals surface area contributed by atoms with Crippen LogP contribution in [0.4, 0.5) is 22.7 Å². The fourth-order valence-electron chi connectivity index (χ4n) is 3.23. The summed E-state index contributed by atoms with van der Waals surface area (Å²) in [6, 6.07) is 19.9. The van der Waals surface area contributed by atoms with E-state index in [0.29, 0.717) is 30.0 Å². The van der Waals surface area contributed by atoms with Crippen LogP contribution in [-0.2, 0) is 0 Å². The molecule has 8 heteroatoms. The van der Waals surface area contributed by atoms with E-state index in [2.05, 4.69) is 10.6 Å². The molecule has 0 saturated carbocycles. The molecular weight excluding hydrogens is 408 g/mol. The van der Waals surface area contributed by atoms with Crippen molar-refractivity contribution in [2.75, 3.05) is 23.7 Å². The lowest BCUT2D eigenvalue weighted by atomic mass is 10.1. The fourth-order valence-corrected chi connectivity index (χ4v) is 3.23. The van der Waals surface area contributed by atoms with Gasteiger partial charge in [0.05, 0.1) is 4.92 Å². The molecule has 2 amide bonds. The van der Waals surface area contributed by atoms with Gasteiger partial charge >= 0.3 is 0 Å². The minimum absolute atomic E-state index is 0.127. The number of nitro benzene ring substituents is 1. The van der Waals surface area contributed by atoms with Crippen LogP contribution >= 0.6 is 0 Å². The van der Waals surface area contributed by atoms with E-state index in [0.717, 1.165) is 0 Å². The Morgan fingerprint density at radius 1 is 0.875 bits per heavy atom. The van der Waals surface area contributed by atoms with E-state index in [9.17, 15) is 19.7 Å². The molecule has 3 aromatic carbocycles. The first kappa shape index (κ1) is 22.5. The lowest BCUT2D eigenvalue weighted by Crippen LogP contribution is -2.30. The van der Waals surface area contributed by atoms with Crippen molar-refractivity contribution in [2.45, 2.75) is 13.8 Å². The Labute approximate surface area is 186 Å². The highest BCUT2D eigenvalue weighted by molar-refractivity contribution is 6.06. The Balaban J connectivity index is 1.81. The maximum atomic E-state index is 12.7. The lowest BCUT2D eigenvalue weighted by Gasteiger charge is -2.19. The summed E-state index contributed by atoms with van der Waals surface area (Å²) in [5.41, 5.74) is 1.79. The molecule has 0 aliphatic heterocycles. The van der Waals surface area contributed by atoms with Crippen molar-refractivity contribution in [2.24, 2.45) is 0 Å². The number of nitro groups is 1. The second-order valence-electron chi connectivity index (χ2n) is 6.99. The van der Waals surface area contributed by atoms with Crippen LogP contribution in [-0.4, -0.2) is 34.7 Å². The minimum Gasteiger partial charge on any atom is -0.350 e. The zero-order valence-electron chi connectivity index (χ0n) is 17.9. The zero-order valence-corrected chi connectivity index (χ0v) is 17.9. The standard InChI is InChI=1S/C24H24N4O4/c1-3-27(4-2)24(30)18-9-8-12-20(15-18)26-23(29)17-13-14-21(22(16-17)28(31)32)25-19-10-6-5-7-11-19/h5-16,25H,3-4H2,1-2H3,(H,26,29). The molecule has 32 heavy (non-hydrogen) atoms. The number of carbonyl (C=O) groups is 2. The first-order valence-electron chi connectivity index (χ1n) is 10.2. The quantitative estimate of drug-likeness (QED) is 0.382. The van der Waals surface area contributed by atoms with Crippen LogP contribution in [0.3, 0.4) is 0 Å². The average Bonchev–Trinajstić information content (AvgIpc) is 2.80. The van der Waals surface area contributed by atoms with Gasteiger partial charge in [0.15, 0.2) is 0 Å². The van der Waals surface area contributed by atoms with E-state index in [-0.39, 0.29) is 22.8 Å². The monoisotopic (exact) mass is 432 g/mol. The predicted molar refractivity (Wildman–Crippen MR) is 124 cm³/mol. The van der Waals surface area contributed by atoms with Crippen molar-refractivity contribution in [3.63, 3.8) is 0 Å². The molecular formula is C24H24N4O4. The molecule has 0 saturated heterocycles. The molecule has 164 valence electrons. The summed E-state index contributed by atoms with van der Waals surface area (Å²) in [6.45, 7) is 4.96. The third kappa shape index (κ3) is 5.28. The number of para-hydroxylation sites is 1. The van der Waals surface area contributed by atoms with Gasteiger partial charge < -0.3 is 15.5 Å². The number of hydrogen-bond donors (Lipinski definition) is 2. The molecule has 0 atom stereocenters. The molecule has 0 spiro atoms. The van der Waals surface area contributed by atoms with Crippen molar-refractivity contribution < 1.29 is 14.5 Å². The average molecular weight is 432 g/mol. The minimum atomic E-state index is -0.536. The lowest BCUT2D eigenvalue weighted by molar-refractivity contribution is -0.383. The second kappa shape index (κ2) is 10.2. The Hall–Kier alpha value is -4.20. The fraction of sp³-hybridized carbons (Fsp3) is 0.167. The molecule has 0 radical (unpaired) electrons. The largest absolute Gasteiger partial charge is 0.350 e. The van der Waals surface area contributed by atoms with E-state index < -0.39 is 10.8 Å². The van der Waals surface area contributed by atoms with Crippen LogP contribution in [0.5, 0.6) is 0 Å². The van der Waals surface area contributed by atoms with Crippen molar-refractivity contribution in [1.82, 2.24) is 4.90 Å². The Morgan fingerprint density at radius 3 is 2.22 bits per heavy atom. The summed E-state index contributed by atoms with van der Waals surface area (Å²) in [6.07, 6.45) is 0. The summed E-state index contributed by atoms with van der Waals surface area (Å²) in [4.78, 5) is 38.0. The maximum absolute atomic E-state index is 12.7. The molecule has 0 aromatic heterocycles. The summed E-state index contributed by atoms with van der Waals surface area (Å²) in [5, 5.41) is 17.3. The van der Waals surface area contributed by atoms with Crippen LogP contribution in [0.1, 0.15) is 34.6 Å². The molecule has 0 fully saturated rings. The number of hydrogen-bond acceptors (Lipinski definition) is 5. The van der Waals surface area contributed by atoms with Gasteiger partial charge in [-0.3, -0.25) is 19.7 Å². The van der Waals surface area contributed by atoms with Crippen LogP contribution in [0, 0.1) is 10.1 Å². The first-order valence-corrected chi connectivity index (χ1v) is 10.2. The van der Waals surface area contributed by atoms with E-state index in [1.165, 1.54) is 18.2 Å². The Kier molecular flexibility index (Phi) is 7.17. The van der Waals surface area contributed by atoms with Gasteiger partial charge in [0, 0.05) is 41.7 Å². The normalized spacial score (nSPS) is 10.3. The Bertz CT molecular complexity index is 1130. The van der Waals surface area contributed by atoms with E-state index >= 15 is 0 Å². The van der Waals surface area contributed by atoms with Crippen LogP contribution in [0.15, 0.2) is 72.8 Å². The molecule has 0 unspecified atom stereocenters. The van der Waals surface area contributed by atoms with Gasteiger partial charge in [-0.05, 0) is 56.3 Å². The number of nitrogens with one attached hydrogen (secondary N) is 2. The molecule has 3 rings (SSSR count). The van der Waals surface area contributed by atoms with Crippen molar-refractivity contribution in [3.05, 3.63) is 94.0 Å². The molecule has 3 aromatic rings. The smallest absolute Gasteiger partial charge is 0.293 e. The summed E-state index contributed by atoms with van der Waals surface area (Å²) in [5.74, 6) is -0.634. The first-order chi connectivity index (χ1) is 15.4. The van der Waals surface area contributed by atoms with Crippen molar-refractivity contribution in [3.8, 4) is 0 Å². The van der Waals surface area contributed by atoms with Crippen molar-refractivity contribution >= 4 is 34.6 Å². The van der Waals surface area contributed by atoms with Gasteiger partial charge in [0.25, 0.3) is 17.5 Å². The van der Waals surface area contributed by atoms with Gasteiger partial charge in [-0.1, -0.05) is 24.3 Å². The SMILES string of the molecule is CCN(CC)C(=O)c1cccc(NC(=O)c2ccc(Nc3ccccc3)c([N+](=O)[O-])c2)c1. The number of anilines is 3. The number of carbonyl (C=O) groups excluding carboxylic acids is 2. The van der Waals surface area contributed by atoms with Gasteiger partial charge in [-0.25, -0.2) is 0 Å². The summed E-state index contributed by atoms with van der Waals surface area (Å²) < 4.78 is 0. The van der Waals surface area contributed by atoms with Crippen LogP contribution in [0.25, 0.3) is 0 Å². The molecule has 8 nitrogen and oxygen atoms in total. The molecule has 0 heterocycles. The van der Waals surface area contributed by atoms with Crippen LogP contribution < -0.4 is 10.6 Å². The highest BCUT2D eigenvalue weighted by Crippen LogP contribution is 2.29. The topological polar surface area (TPSA) is 105 Å². The molecule has 0 bridgehead atoms. The molecule has 0 aliphatic carbocycles. The number of amides is 2. The summed E-state index contributed by atoms with van der Waals surface area (Å²) in [7, 11) is 0. The zero-order chi connectivity index (χ0) is 23.1. The van der Waals surface area contributed by atoms with E-state index in [1.807, 2.05) is 32.0 Å². The predicted octanol–water partition coefficient (Wildman–Crippen LogP) is 5.07. The third-order valence-electron chi connectivity index (χ3n) is 4.93. The molecule has 2 N–H and O–H groups in total. The van der Waals surface area contributed by atoms with Gasteiger partial charge in [0.2, 0.25) is 0 Å². The molecule has 0 aliphatic rings. The number of nitrogens with zero attached hydrogens (tertiary/aromatic N) is 2. The highest BCUT2D eigenvalue weighted by Gasteiger charge is 2.19.